The van der Waals surface area contributed by atoms with E-state index in [9.17, 15) is 0 Å². The van der Waals surface area contributed by atoms with Gasteiger partial charge in [-0.25, -0.2) is 0 Å². The number of para-hydroxylation sites is 1. The molecule has 0 aliphatic carbocycles. The zero-order valence-corrected chi connectivity index (χ0v) is 16.9. The Morgan fingerprint density at radius 3 is 2.30 bits per heavy atom. The molecule has 2 aromatic rings. The second-order valence-corrected chi connectivity index (χ2v) is 7.91. The van der Waals surface area contributed by atoms with Gasteiger partial charge in [0.25, 0.3) is 0 Å². The fraction of sp³-hybridized carbons (Fsp3) is 0.500. The molecule has 1 heterocycles. The Morgan fingerprint density at radius 2 is 1.63 bits per heavy atom. The zero-order chi connectivity index (χ0) is 18.9. The van der Waals surface area contributed by atoms with Crippen molar-refractivity contribution in [3.8, 4) is 5.75 Å². The fourth-order valence-electron chi connectivity index (χ4n) is 3.70. The molecule has 0 spiro atoms. The predicted octanol–water partition coefficient (Wildman–Crippen LogP) is 4.79. The fourth-order valence-corrected chi connectivity index (χ4v) is 3.70. The molecule has 1 aliphatic rings. The van der Waals surface area contributed by atoms with E-state index in [1.165, 1.54) is 50.0 Å². The molecule has 1 aliphatic heterocycles. The van der Waals surface area contributed by atoms with Gasteiger partial charge in [-0.05, 0) is 69.7 Å². The van der Waals surface area contributed by atoms with Crippen LogP contribution in [0, 0.1) is 0 Å². The maximum atomic E-state index is 6.31. The summed E-state index contributed by atoms with van der Waals surface area (Å²) in [5, 5.41) is 0. The minimum atomic E-state index is 0.0888. The van der Waals surface area contributed by atoms with Crippen molar-refractivity contribution in [2.24, 2.45) is 0 Å². The van der Waals surface area contributed by atoms with Crippen LogP contribution in [0.3, 0.4) is 0 Å². The Hall–Kier alpha value is -1.84. The van der Waals surface area contributed by atoms with Crippen LogP contribution >= 0.6 is 0 Å². The van der Waals surface area contributed by atoms with Gasteiger partial charge >= 0.3 is 0 Å². The van der Waals surface area contributed by atoms with Crippen molar-refractivity contribution in [2.45, 2.75) is 38.2 Å². The minimum absolute atomic E-state index is 0.0888. The second-order valence-electron chi connectivity index (χ2n) is 7.91. The van der Waals surface area contributed by atoms with Gasteiger partial charge in [-0.2, -0.15) is 0 Å². The van der Waals surface area contributed by atoms with Crippen LogP contribution in [0.15, 0.2) is 54.6 Å². The first-order valence-electron chi connectivity index (χ1n) is 10.4. The SMILES string of the molecule is CN(C)CCC(Oc1ccccc1)c1ccc(CCN2CCCCC2)cc1. The van der Waals surface area contributed by atoms with Crippen molar-refractivity contribution in [3.63, 3.8) is 0 Å². The van der Waals surface area contributed by atoms with Crippen LogP contribution in [0.5, 0.6) is 5.75 Å². The molecule has 0 amide bonds. The van der Waals surface area contributed by atoms with E-state index in [-0.39, 0.29) is 6.10 Å². The molecular formula is C24H34N2O. The standard InChI is InChI=1S/C24H34N2O/c1-25(2)19-16-24(27-23-9-5-3-6-10-23)22-13-11-21(12-14-22)15-20-26-17-7-4-8-18-26/h3,5-6,9-14,24H,4,7-8,15-20H2,1-2H3. The first-order chi connectivity index (χ1) is 13.2. The largest absolute Gasteiger partial charge is 0.486 e. The average Bonchev–Trinajstić information content (AvgIpc) is 2.71. The summed E-state index contributed by atoms with van der Waals surface area (Å²) >= 11 is 0. The number of nitrogens with zero attached hydrogens (tertiary/aromatic N) is 2. The summed E-state index contributed by atoms with van der Waals surface area (Å²) in [7, 11) is 4.23. The van der Waals surface area contributed by atoms with Gasteiger partial charge in [0.15, 0.2) is 0 Å². The number of ether oxygens (including phenoxy) is 1. The third-order valence-electron chi connectivity index (χ3n) is 5.38. The van der Waals surface area contributed by atoms with E-state index >= 15 is 0 Å². The van der Waals surface area contributed by atoms with Crippen molar-refractivity contribution in [3.05, 3.63) is 65.7 Å². The van der Waals surface area contributed by atoms with Crippen molar-refractivity contribution in [2.75, 3.05) is 40.3 Å². The molecule has 3 rings (SSSR count). The lowest BCUT2D eigenvalue weighted by molar-refractivity contribution is 0.179. The number of hydrogen-bond donors (Lipinski definition) is 0. The molecule has 0 bridgehead atoms. The smallest absolute Gasteiger partial charge is 0.125 e. The molecule has 1 saturated heterocycles. The highest BCUT2D eigenvalue weighted by Crippen LogP contribution is 2.25. The highest BCUT2D eigenvalue weighted by atomic mass is 16.5. The van der Waals surface area contributed by atoms with Crippen molar-refractivity contribution < 1.29 is 4.74 Å². The minimum Gasteiger partial charge on any atom is -0.486 e. The zero-order valence-electron chi connectivity index (χ0n) is 16.9. The number of hydrogen-bond acceptors (Lipinski definition) is 3. The normalized spacial score (nSPS) is 16.4. The van der Waals surface area contributed by atoms with Crippen molar-refractivity contribution >= 4 is 0 Å². The summed E-state index contributed by atoms with van der Waals surface area (Å²) in [6.07, 6.45) is 6.34. The highest BCUT2D eigenvalue weighted by Gasteiger charge is 2.15. The lowest BCUT2D eigenvalue weighted by Gasteiger charge is -2.26. The summed E-state index contributed by atoms with van der Waals surface area (Å²) in [5.74, 6) is 0.940. The molecule has 3 heteroatoms. The van der Waals surface area contributed by atoms with Gasteiger partial charge in [-0.1, -0.05) is 48.9 Å². The summed E-state index contributed by atoms with van der Waals surface area (Å²) < 4.78 is 6.31. The first-order valence-corrected chi connectivity index (χ1v) is 10.4. The van der Waals surface area contributed by atoms with Crippen LogP contribution in [0.25, 0.3) is 0 Å². The molecule has 1 atom stereocenters. The van der Waals surface area contributed by atoms with Crippen LogP contribution in [-0.4, -0.2) is 50.1 Å². The van der Waals surface area contributed by atoms with E-state index in [1.807, 2.05) is 30.3 Å². The van der Waals surface area contributed by atoms with E-state index in [1.54, 1.807) is 0 Å². The Bertz CT molecular complexity index is 648. The summed E-state index contributed by atoms with van der Waals surface area (Å²) in [6.45, 7) is 4.74. The number of benzene rings is 2. The molecule has 0 radical (unpaired) electrons. The first kappa shape index (κ1) is 19.9. The van der Waals surface area contributed by atoms with Gasteiger partial charge in [0.2, 0.25) is 0 Å². The van der Waals surface area contributed by atoms with Gasteiger partial charge < -0.3 is 14.5 Å². The van der Waals surface area contributed by atoms with E-state index in [0.717, 1.165) is 25.1 Å². The number of likely N-dealkylation sites (tertiary alicyclic amines) is 1. The van der Waals surface area contributed by atoms with Crippen LogP contribution in [-0.2, 0) is 6.42 Å². The molecule has 3 nitrogen and oxygen atoms in total. The lowest BCUT2D eigenvalue weighted by atomic mass is 10.0. The van der Waals surface area contributed by atoms with E-state index in [4.69, 9.17) is 4.74 Å². The number of piperidine rings is 1. The molecule has 27 heavy (non-hydrogen) atoms. The molecule has 1 unspecified atom stereocenters. The Labute approximate surface area is 164 Å². The molecule has 0 N–H and O–H groups in total. The maximum absolute atomic E-state index is 6.31. The summed E-state index contributed by atoms with van der Waals surface area (Å²) in [6, 6.07) is 19.3. The van der Waals surface area contributed by atoms with Gasteiger partial charge in [0.1, 0.15) is 11.9 Å². The third kappa shape index (κ3) is 6.67. The van der Waals surface area contributed by atoms with Gasteiger partial charge in [-0.15, -0.1) is 0 Å². The van der Waals surface area contributed by atoms with Crippen molar-refractivity contribution in [1.82, 2.24) is 9.80 Å². The molecule has 2 aromatic carbocycles. The topological polar surface area (TPSA) is 15.7 Å². The second kappa shape index (κ2) is 10.5. The maximum Gasteiger partial charge on any atom is 0.125 e. The Balaban J connectivity index is 1.60. The molecule has 0 saturated carbocycles. The number of rotatable bonds is 9. The Morgan fingerprint density at radius 1 is 0.926 bits per heavy atom. The van der Waals surface area contributed by atoms with Gasteiger partial charge in [0, 0.05) is 19.5 Å². The third-order valence-corrected chi connectivity index (χ3v) is 5.38. The molecule has 146 valence electrons. The molecule has 1 fully saturated rings. The molecular weight excluding hydrogens is 332 g/mol. The van der Waals surface area contributed by atoms with Crippen LogP contribution in [0.4, 0.5) is 0 Å². The predicted molar refractivity (Wildman–Crippen MR) is 113 cm³/mol. The lowest BCUT2D eigenvalue weighted by Crippen LogP contribution is -2.31. The van der Waals surface area contributed by atoms with Crippen LogP contribution < -0.4 is 4.74 Å². The van der Waals surface area contributed by atoms with E-state index in [2.05, 4.69) is 48.2 Å². The average molecular weight is 367 g/mol. The Kier molecular flexibility index (Phi) is 7.73. The van der Waals surface area contributed by atoms with E-state index in [0.29, 0.717) is 0 Å². The van der Waals surface area contributed by atoms with Gasteiger partial charge in [0.05, 0.1) is 0 Å². The van der Waals surface area contributed by atoms with E-state index < -0.39 is 0 Å². The summed E-state index contributed by atoms with van der Waals surface area (Å²) in [5.41, 5.74) is 2.69. The van der Waals surface area contributed by atoms with Gasteiger partial charge in [-0.3, -0.25) is 0 Å². The van der Waals surface area contributed by atoms with Crippen LogP contribution in [0.2, 0.25) is 0 Å². The highest BCUT2D eigenvalue weighted by molar-refractivity contribution is 5.27. The quantitative estimate of drug-likeness (QED) is 0.635. The monoisotopic (exact) mass is 366 g/mol. The van der Waals surface area contributed by atoms with Crippen LogP contribution in [0.1, 0.15) is 42.9 Å². The van der Waals surface area contributed by atoms with Crippen molar-refractivity contribution in [1.29, 1.82) is 0 Å². The summed E-state index contributed by atoms with van der Waals surface area (Å²) in [4.78, 5) is 4.82. The molecule has 0 aromatic heterocycles.